The molecule has 1 aliphatic rings. The summed E-state index contributed by atoms with van der Waals surface area (Å²) in [4.78, 5) is 28.1. The first kappa shape index (κ1) is 19.0. The number of carbonyl (C=O) groups is 2. The number of hydrogen-bond donors (Lipinski definition) is 1. The third-order valence-electron chi connectivity index (χ3n) is 4.68. The average Bonchev–Trinajstić information content (AvgIpc) is 3.47. The molecule has 0 bridgehead atoms. The van der Waals surface area contributed by atoms with Crippen molar-refractivity contribution in [3.8, 4) is 5.75 Å². The zero-order chi connectivity index (χ0) is 20.4. The van der Waals surface area contributed by atoms with E-state index in [4.69, 9.17) is 9.15 Å². The molecule has 1 fully saturated rings. The summed E-state index contributed by atoms with van der Waals surface area (Å²) in [5, 5.41) is 12.9. The normalized spacial score (nSPS) is 18.4. The topological polar surface area (TPSA) is 80.0 Å². The van der Waals surface area contributed by atoms with Crippen molar-refractivity contribution < 1.29 is 23.8 Å². The Kier molecular flexibility index (Phi) is 5.22. The predicted octanol–water partition coefficient (Wildman–Crippen LogP) is 4.36. The van der Waals surface area contributed by atoms with E-state index in [1.54, 1.807) is 36.4 Å². The molecule has 7 heteroatoms. The lowest BCUT2D eigenvalue weighted by Gasteiger charge is -2.22. The maximum Gasteiger partial charge on any atom is 0.296 e. The van der Waals surface area contributed by atoms with Crippen molar-refractivity contribution in [2.75, 3.05) is 6.61 Å². The van der Waals surface area contributed by atoms with E-state index in [1.165, 1.54) is 22.5 Å². The standard InChI is InChI=1S/C22H19NO5S/c1-2-27-15-7-3-6-14(12-15)20(24)18-19(17-9-4-10-28-17)23(22(26)21(18)25)13-16-8-5-11-29-16/h3-12,19,24H,2,13H2,1H3/b20-18-. The van der Waals surface area contributed by atoms with Crippen LogP contribution in [0.1, 0.15) is 29.2 Å². The predicted molar refractivity (Wildman–Crippen MR) is 108 cm³/mol. The summed E-state index contributed by atoms with van der Waals surface area (Å²) >= 11 is 1.49. The first-order chi connectivity index (χ1) is 14.1. The number of aliphatic hydroxyl groups excluding tert-OH is 1. The fraction of sp³-hybridized carbons (Fsp3) is 0.182. The van der Waals surface area contributed by atoms with Crippen LogP contribution in [-0.4, -0.2) is 28.3 Å². The number of thiophene rings is 1. The van der Waals surface area contributed by atoms with Crippen LogP contribution in [-0.2, 0) is 16.1 Å². The van der Waals surface area contributed by atoms with Crippen LogP contribution < -0.4 is 4.74 Å². The first-order valence-electron chi connectivity index (χ1n) is 9.17. The van der Waals surface area contributed by atoms with Crippen molar-refractivity contribution in [2.45, 2.75) is 19.5 Å². The van der Waals surface area contributed by atoms with E-state index in [0.717, 1.165) is 4.88 Å². The minimum atomic E-state index is -0.803. The Bertz CT molecular complexity index is 1050. The molecule has 1 unspecified atom stereocenters. The lowest BCUT2D eigenvalue weighted by atomic mass is 9.99. The van der Waals surface area contributed by atoms with Gasteiger partial charge in [0.1, 0.15) is 23.3 Å². The van der Waals surface area contributed by atoms with Gasteiger partial charge in [-0.05, 0) is 42.6 Å². The van der Waals surface area contributed by atoms with Gasteiger partial charge in [0, 0.05) is 10.4 Å². The molecule has 148 valence electrons. The molecule has 1 amide bonds. The van der Waals surface area contributed by atoms with Gasteiger partial charge in [-0.3, -0.25) is 9.59 Å². The van der Waals surface area contributed by atoms with Crippen molar-refractivity contribution in [1.82, 2.24) is 4.90 Å². The van der Waals surface area contributed by atoms with Crippen LogP contribution in [0.25, 0.3) is 5.76 Å². The Balaban J connectivity index is 1.81. The minimum Gasteiger partial charge on any atom is -0.507 e. The van der Waals surface area contributed by atoms with Gasteiger partial charge in [-0.1, -0.05) is 18.2 Å². The molecule has 3 aromatic rings. The highest BCUT2D eigenvalue weighted by Crippen LogP contribution is 2.41. The maximum absolute atomic E-state index is 12.9. The molecule has 0 radical (unpaired) electrons. The zero-order valence-electron chi connectivity index (χ0n) is 15.7. The molecule has 1 atom stereocenters. The summed E-state index contributed by atoms with van der Waals surface area (Å²) < 4.78 is 11.0. The van der Waals surface area contributed by atoms with Gasteiger partial charge in [0.2, 0.25) is 0 Å². The first-order valence-corrected chi connectivity index (χ1v) is 10.1. The van der Waals surface area contributed by atoms with Gasteiger partial charge in [-0.2, -0.15) is 0 Å². The molecule has 0 aliphatic carbocycles. The number of carbonyl (C=O) groups excluding carboxylic acids is 2. The SMILES string of the molecule is CCOc1cccc(/C(O)=C2/C(=O)C(=O)N(Cc3cccs3)C2c2ccco2)c1. The van der Waals surface area contributed by atoms with E-state index in [9.17, 15) is 14.7 Å². The van der Waals surface area contributed by atoms with Gasteiger partial charge < -0.3 is 19.2 Å². The molecule has 1 saturated heterocycles. The Morgan fingerprint density at radius 3 is 2.76 bits per heavy atom. The van der Waals surface area contributed by atoms with Gasteiger partial charge in [0.15, 0.2) is 0 Å². The molecule has 1 aromatic carbocycles. The van der Waals surface area contributed by atoms with Gasteiger partial charge in [0.25, 0.3) is 11.7 Å². The van der Waals surface area contributed by atoms with Crippen LogP contribution in [0.2, 0.25) is 0 Å². The molecule has 6 nitrogen and oxygen atoms in total. The van der Waals surface area contributed by atoms with Crippen LogP contribution in [0.3, 0.4) is 0 Å². The molecule has 2 aromatic heterocycles. The monoisotopic (exact) mass is 409 g/mol. The summed E-state index contributed by atoms with van der Waals surface area (Å²) in [7, 11) is 0. The van der Waals surface area contributed by atoms with Crippen molar-refractivity contribution in [3.63, 3.8) is 0 Å². The zero-order valence-corrected chi connectivity index (χ0v) is 16.5. The number of Topliss-reactive ketones (excluding diaryl/α,β-unsaturated/α-hetero) is 1. The van der Waals surface area contributed by atoms with Gasteiger partial charge in [-0.25, -0.2) is 0 Å². The van der Waals surface area contributed by atoms with Crippen LogP contribution in [0.5, 0.6) is 5.75 Å². The number of amides is 1. The van der Waals surface area contributed by atoms with E-state index in [-0.39, 0.29) is 17.9 Å². The van der Waals surface area contributed by atoms with Crippen molar-refractivity contribution in [1.29, 1.82) is 0 Å². The van der Waals surface area contributed by atoms with E-state index < -0.39 is 17.7 Å². The van der Waals surface area contributed by atoms with E-state index in [2.05, 4.69) is 0 Å². The summed E-state index contributed by atoms with van der Waals surface area (Å²) in [6, 6.07) is 13.2. The summed E-state index contributed by atoms with van der Waals surface area (Å²) in [6.07, 6.45) is 1.48. The second-order valence-corrected chi connectivity index (χ2v) is 7.51. The fourth-order valence-electron chi connectivity index (χ4n) is 3.41. The molecule has 29 heavy (non-hydrogen) atoms. The van der Waals surface area contributed by atoms with E-state index in [1.807, 2.05) is 24.4 Å². The largest absolute Gasteiger partial charge is 0.507 e. The van der Waals surface area contributed by atoms with Crippen molar-refractivity contribution >= 4 is 28.8 Å². The van der Waals surface area contributed by atoms with Crippen molar-refractivity contribution in [2.24, 2.45) is 0 Å². The number of furan rings is 1. The van der Waals surface area contributed by atoms with Crippen LogP contribution in [0.4, 0.5) is 0 Å². The third kappa shape index (κ3) is 3.56. The molecule has 3 heterocycles. The number of ether oxygens (including phenoxy) is 1. The molecule has 1 N–H and O–H groups in total. The van der Waals surface area contributed by atoms with E-state index in [0.29, 0.717) is 23.7 Å². The van der Waals surface area contributed by atoms with Gasteiger partial charge >= 0.3 is 0 Å². The molecule has 0 saturated carbocycles. The third-order valence-corrected chi connectivity index (χ3v) is 5.54. The second-order valence-electron chi connectivity index (χ2n) is 6.48. The summed E-state index contributed by atoms with van der Waals surface area (Å²) in [5.41, 5.74) is 0.414. The smallest absolute Gasteiger partial charge is 0.296 e. The fourth-order valence-corrected chi connectivity index (χ4v) is 4.11. The quantitative estimate of drug-likeness (QED) is 0.372. The molecular weight excluding hydrogens is 390 g/mol. The number of nitrogens with zero attached hydrogens (tertiary/aromatic N) is 1. The van der Waals surface area contributed by atoms with Crippen molar-refractivity contribution in [3.05, 3.63) is 81.9 Å². The lowest BCUT2D eigenvalue weighted by molar-refractivity contribution is -0.140. The van der Waals surface area contributed by atoms with Gasteiger partial charge in [0.05, 0.1) is 25.0 Å². The molecular formula is C22H19NO5S. The highest BCUT2D eigenvalue weighted by molar-refractivity contribution is 7.09. The maximum atomic E-state index is 12.9. The highest BCUT2D eigenvalue weighted by Gasteiger charge is 2.47. The van der Waals surface area contributed by atoms with Gasteiger partial charge in [-0.15, -0.1) is 11.3 Å². The second kappa shape index (κ2) is 7.97. The Morgan fingerprint density at radius 2 is 2.07 bits per heavy atom. The summed E-state index contributed by atoms with van der Waals surface area (Å²) in [6.45, 7) is 2.59. The Morgan fingerprint density at radius 1 is 1.21 bits per heavy atom. The number of likely N-dealkylation sites (tertiary alicyclic amines) is 1. The Hall–Kier alpha value is -3.32. The van der Waals surface area contributed by atoms with E-state index >= 15 is 0 Å². The summed E-state index contributed by atoms with van der Waals surface area (Å²) in [5.74, 6) is -0.660. The van der Waals surface area contributed by atoms with Crippen LogP contribution in [0.15, 0.2) is 70.2 Å². The molecule has 0 spiro atoms. The molecule has 4 rings (SSSR count). The molecule has 1 aliphatic heterocycles. The minimum absolute atomic E-state index is 0.00940. The Labute approximate surface area is 171 Å². The average molecular weight is 409 g/mol. The number of ketones is 1. The highest BCUT2D eigenvalue weighted by atomic mass is 32.1. The number of hydrogen-bond acceptors (Lipinski definition) is 6. The lowest BCUT2D eigenvalue weighted by Crippen LogP contribution is -2.28. The number of aliphatic hydroxyl groups is 1. The van der Waals surface area contributed by atoms with Crippen LogP contribution in [0, 0.1) is 0 Å². The number of benzene rings is 1. The van der Waals surface area contributed by atoms with Crippen LogP contribution >= 0.6 is 11.3 Å². The number of rotatable bonds is 6.